The molecule has 0 fully saturated rings. The first kappa shape index (κ1) is 11.1. The maximum Gasteiger partial charge on any atom is 0.231 e. The third-order valence-corrected chi connectivity index (χ3v) is 3.31. The van der Waals surface area contributed by atoms with Crippen LogP contribution in [-0.4, -0.2) is 20.9 Å². The second kappa shape index (κ2) is 4.20. The smallest absolute Gasteiger partial charge is 0.231 e. The summed E-state index contributed by atoms with van der Waals surface area (Å²) >= 11 is 0. The second-order valence-corrected chi connectivity index (χ2v) is 7.75. The van der Waals surface area contributed by atoms with E-state index in [1.54, 1.807) is 13.1 Å². The van der Waals surface area contributed by atoms with E-state index >= 15 is 0 Å². The predicted molar refractivity (Wildman–Crippen MR) is 49.2 cm³/mol. The Bertz CT molecular complexity index is 111. The molecule has 4 heteroatoms. The molecule has 0 saturated heterocycles. The number of rotatable bonds is 4. The van der Waals surface area contributed by atoms with E-state index in [2.05, 4.69) is 0 Å². The molecule has 0 aliphatic rings. The van der Waals surface area contributed by atoms with Crippen LogP contribution in [0.3, 0.4) is 0 Å². The number of hydrogen-bond donors (Lipinski definition) is 2. The SMILES string of the molecule is CC(N)C(CN)C[Si](C)(C)[O]. The van der Waals surface area contributed by atoms with Crippen LogP contribution in [-0.2, 0) is 4.80 Å². The van der Waals surface area contributed by atoms with Crippen molar-refractivity contribution in [2.24, 2.45) is 17.4 Å². The Morgan fingerprint density at radius 1 is 1.45 bits per heavy atom. The van der Waals surface area contributed by atoms with Crippen molar-refractivity contribution >= 4 is 8.32 Å². The van der Waals surface area contributed by atoms with E-state index in [0.29, 0.717) is 12.6 Å². The van der Waals surface area contributed by atoms with E-state index in [0.717, 1.165) is 0 Å². The van der Waals surface area contributed by atoms with Gasteiger partial charge in [-0.3, -0.25) is 4.80 Å². The third kappa shape index (κ3) is 5.38. The molecule has 2 unspecified atom stereocenters. The zero-order chi connectivity index (χ0) is 9.07. The van der Waals surface area contributed by atoms with Gasteiger partial charge in [-0.2, -0.15) is 0 Å². The molecule has 0 aliphatic heterocycles. The Morgan fingerprint density at radius 2 is 1.91 bits per heavy atom. The molecule has 1 radical (unpaired) electrons. The fourth-order valence-corrected chi connectivity index (χ4v) is 2.92. The summed E-state index contributed by atoms with van der Waals surface area (Å²) in [5.41, 5.74) is 11.1. The predicted octanol–water partition coefficient (Wildman–Crippen LogP) is 0.544. The molecule has 0 aromatic heterocycles. The van der Waals surface area contributed by atoms with Gasteiger partial charge in [-0.25, -0.2) is 0 Å². The molecule has 2 atom stereocenters. The molecule has 4 N–H and O–H groups in total. The van der Waals surface area contributed by atoms with Crippen LogP contribution in [0.25, 0.3) is 0 Å². The summed E-state index contributed by atoms with van der Waals surface area (Å²) < 4.78 is 0. The summed E-state index contributed by atoms with van der Waals surface area (Å²) in [6.07, 6.45) is 0. The fraction of sp³-hybridized carbons (Fsp3) is 1.00. The fourth-order valence-electron chi connectivity index (χ4n) is 1.12. The zero-order valence-corrected chi connectivity index (χ0v) is 8.63. The van der Waals surface area contributed by atoms with Gasteiger partial charge in [-0.1, -0.05) is 0 Å². The van der Waals surface area contributed by atoms with Gasteiger partial charge in [0.1, 0.15) is 0 Å². The highest BCUT2D eigenvalue weighted by molar-refractivity contribution is 6.69. The van der Waals surface area contributed by atoms with Crippen LogP contribution in [0.2, 0.25) is 19.1 Å². The van der Waals surface area contributed by atoms with E-state index in [1.807, 2.05) is 6.92 Å². The Labute approximate surface area is 69.9 Å². The number of nitrogens with two attached hydrogens (primary N) is 2. The van der Waals surface area contributed by atoms with Crippen LogP contribution in [0.4, 0.5) is 0 Å². The van der Waals surface area contributed by atoms with Gasteiger partial charge in [0.25, 0.3) is 0 Å². The molecule has 0 saturated carbocycles. The van der Waals surface area contributed by atoms with Gasteiger partial charge in [0.05, 0.1) is 0 Å². The van der Waals surface area contributed by atoms with Crippen LogP contribution in [0.5, 0.6) is 0 Å². The lowest BCUT2D eigenvalue weighted by Crippen LogP contribution is -2.38. The molecular weight excluding hydrogens is 156 g/mol. The summed E-state index contributed by atoms with van der Waals surface area (Å²) in [5.74, 6) is 0.217. The van der Waals surface area contributed by atoms with Crippen molar-refractivity contribution in [3.8, 4) is 0 Å². The van der Waals surface area contributed by atoms with Gasteiger partial charge >= 0.3 is 0 Å². The lowest BCUT2D eigenvalue weighted by atomic mass is 10.1. The highest BCUT2D eigenvalue weighted by Gasteiger charge is 2.26. The molecule has 0 amide bonds. The minimum Gasteiger partial charge on any atom is -0.330 e. The van der Waals surface area contributed by atoms with E-state index < -0.39 is 8.32 Å². The van der Waals surface area contributed by atoms with E-state index in [1.165, 1.54) is 0 Å². The Morgan fingerprint density at radius 3 is 2.00 bits per heavy atom. The molecule has 0 rings (SSSR count). The maximum absolute atomic E-state index is 11.4. The zero-order valence-electron chi connectivity index (χ0n) is 7.63. The van der Waals surface area contributed by atoms with Crippen molar-refractivity contribution < 1.29 is 4.80 Å². The van der Waals surface area contributed by atoms with Gasteiger partial charge in [0.15, 0.2) is 0 Å². The van der Waals surface area contributed by atoms with Crippen molar-refractivity contribution in [3.63, 3.8) is 0 Å². The van der Waals surface area contributed by atoms with Crippen molar-refractivity contribution in [2.75, 3.05) is 6.54 Å². The molecule has 67 valence electrons. The van der Waals surface area contributed by atoms with Crippen LogP contribution in [0.1, 0.15) is 6.92 Å². The first-order valence-corrected chi connectivity index (χ1v) is 7.14. The highest BCUT2D eigenvalue weighted by Crippen LogP contribution is 2.16. The molecule has 0 bridgehead atoms. The summed E-state index contributed by atoms with van der Waals surface area (Å²) in [6.45, 7) is 6.06. The molecule has 0 aliphatic carbocycles. The second-order valence-electron chi connectivity index (χ2n) is 3.82. The molecule has 0 aromatic carbocycles. The van der Waals surface area contributed by atoms with Gasteiger partial charge < -0.3 is 11.5 Å². The third-order valence-electron chi connectivity index (χ3n) is 1.80. The Balaban J connectivity index is 3.88. The van der Waals surface area contributed by atoms with E-state index in [-0.39, 0.29) is 12.0 Å². The molecule has 11 heavy (non-hydrogen) atoms. The lowest BCUT2D eigenvalue weighted by Gasteiger charge is -2.22. The number of hydrogen-bond acceptors (Lipinski definition) is 2. The minimum absolute atomic E-state index is 0.0562. The Kier molecular flexibility index (Phi) is 4.24. The monoisotopic (exact) mass is 175 g/mol. The lowest BCUT2D eigenvalue weighted by molar-refractivity contribution is 0.395. The van der Waals surface area contributed by atoms with Crippen molar-refractivity contribution in [1.82, 2.24) is 0 Å². The highest BCUT2D eigenvalue weighted by atomic mass is 28.4. The average molecular weight is 175 g/mol. The van der Waals surface area contributed by atoms with Crippen LogP contribution in [0.15, 0.2) is 0 Å². The van der Waals surface area contributed by atoms with Crippen molar-refractivity contribution in [2.45, 2.75) is 32.1 Å². The summed E-state index contributed by atoms with van der Waals surface area (Å²) in [5, 5.41) is 0. The molecule has 0 aromatic rings. The van der Waals surface area contributed by atoms with Crippen LogP contribution < -0.4 is 11.5 Å². The molecule has 0 heterocycles. The van der Waals surface area contributed by atoms with Gasteiger partial charge in [-0.15, -0.1) is 0 Å². The van der Waals surface area contributed by atoms with Gasteiger partial charge in [0.2, 0.25) is 8.32 Å². The van der Waals surface area contributed by atoms with Crippen molar-refractivity contribution in [1.29, 1.82) is 0 Å². The first-order valence-electron chi connectivity index (χ1n) is 4.03. The molecular formula is C7H19N2OSi. The van der Waals surface area contributed by atoms with Gasteiger partial charge in [-0.05, 0) is 38.5 Å². The van der Waals surface area contributed by atoms with Crippen LogP contribution >= 0.6 is 0 Å². The topological polar surface area (TPSA) is 71.9 Å². The van der Waals surface area contributed by atoms with Crippen molar-refractivity contribution in [3.05, 3.63) is 0 Å². The summed E-state index contributed by atoms with van der Waals surface area (Å²) in [7, 11) is -2.21. The Hall–Kier alpha value is 0.0969. The minimum atomic E-state index is -2.21. The molecule has 3 nitrogen and oxygen atoms in total. The standard InChI is InChI=1S/C7H19N2OSi/c1-6(9)7(4-8)5-11(2,3)10/h6-7H,4-5,8-9H2,1-3H3. The summed E-state index contributed by atoms with van der Waals surface area (Å²) in [4.78, 5) is 11.4. The van der Waals surface area contributed by atoms with Gasteiger partial charge in [0, 0.05) is 6.04 Å². The average Bonchev–Trinajstić information content (AvgIpc) is 1.80. The first-order chi connectivity index (χ1) is 4.87. The normalized spacial score (nSPS) is 18.0. The molecule has 0 spiro atoms. The quantitative estimate of drug-likeness (QED) is 0.612. The largest absolute Gasteiger partial charge is 0.330 e. The van der Waals surface area contributed by atoms with Crippen LogP contribution in [0, 0.1) is 5.92 Å². The van der Waals surface area contributed by atoms with E-state index in [4.69, 9.17) is 11.5 Å². The summed E-state index contributed by atoms with van der Waals surface area (Å²) in [6, 6.07) is 0.752. The maximum atomic E-state index is 11.4. The van der Waals surface area contributed by atoms with E-state index in [9.17, 15) is 4.80 Å².